The molecule has 1 saturated carbocycles. The Morgan fingerprint density at radius 3 is 2.87 bits per heavy atom. The molecule has 1 fully saturated rings. The molecule has 0 radical (unpaired) electrons. The second-order valence-electron chi connectivity index (χ2n) is 7.99. The van der Waals surface area contributed by atoms with E-state index in [9.17, 15) is 9.59 Å². The number of benzene rings is 1. The van der Waals surface area contributed by atoms with Crippen molar-refractivity contribution < 1.29 is 4.79 Å². The number of anilines is 1. The predicted molar refractivity (Wildman–Crippen MR) is 127 cm³/mol. The molecular formula is C23H28N4O2S2. The van der Waals surface area contributed by atoms with Crippen molar-refractivity contribution in [3.63, 3.8) is 0 Å². The van der Waals surface area contributed by atoms with E-state index in [4.69, 9.17) is 0 Å². The smallest absolute Gasteiger partial charge is 0.275 e. The fraction of sp³-hybridized carbons (Fsp3) is 0.478. The number of carbonyl (C=O) groups is 1. The van der Waals surface area contributed by atoms with Gasteiger partial charge in [-0.1, -0.05) is 56.1 Å². The number of hydrogen-bond donors (Lipinski definition) is 1. The molecule has 1 amide bonds. The van der Waals surface area contributed by atoms with Crippen molar-refractivity contribution in [1.82, 2.24) is 14.6 Å². The van der Waals surface area contributed by atoms with Crippen LogP contribution in [-0.4, -0.2) is 20.5 Å². The highest BCUT2D eigenvalue weighted by Crippen LogP contribution is 2.31. The summed E-state index contributed by atoms with van der Waals surface area (Å²) in [4.78, 5) is 31.5. The van der Waals surface area contributed by atoms with Gasteiger partial charge in [0, 0.05) is 29.1 Å². The lowest BCUT2D eigenvalue weighted by molar-refractivity contribution is -0.120. The lowest BCUT2D eigenvalue weighted by atomic mass is 9.88. The molecule has 0 atom stereocenters. The number of nitrogens with zero attached hydrogens (tertiary/aromatic N) is 3. The van der Waals surface area contributed by atoms with E-state index in [0.717, 1.165) is 66.2 Å². The van der Waals surface area contributed by atoms with Gasteiger partial charge in [0.25, 0.3) is 5.56 Å². The minimum atomic E-state index is -0.140. The van der Waals surface area contributed by atoms with E-state index in [1.54, 1.807) is 17.8 Å². The molecule has 164 valence electrons. The largest absolute Gasteiger partial charge is 0.325 e. The monoisotopic (exact) mass is 456 g/mol. The Kier molecular flexibility index (Phi) is 7.40. The number of para-hydroxylation sites is 1. The standard InChI is InChI=1S/C23H28N4O2S2/c1-2-3-13-20-26-27-21(28)14-17(24-23(27)31-20)15-30-19-12-8-7-11-18(19)25-22(29)16-9-5-4-6-10-16/h7-8,11-12,14,16H,2-6,9-10,13,15H2,1H3,(H,25,29). The molecule has 6 nitrogen and oxygen atoms in total. The zero-order chi connectivity index (χ0) is 21.6. The number of fused-ring (bicyclic) bond motifs is 1. The number of nitrogens with one attached hydrogen (secondary N) is 1. The van der Waals surface area contributed by atoms with Crippen LogP contribution in [0.25, 0.3) is 4.96 Å². The van der Waals surface area contributed by atoms with Gasteiger partial charge in [0.05, 0.1) is 11.4 Å². The van der Waals surface area contributed by atoms with Crippen LogP contribution < -0.4 is 10.9 Å². The zero-order valence-electron chi connectivity index (χ0n) is 17.8. The normalized spacial score (nSPS) is 14.7. The summed E-state index contributed by atoms with van der Waals surface area (Å²) in [6, 6.07) is 9.41. The van der Waals surface area contributed by atoms with E-state index in [1.165, 1.54) is 22.3 Å². The zero-order valence-corrected chi connectivity index (χ0v) is 19.4. The fourth-order valence-electron chi connectivity index (χ4n) is 3.85. The molecule has 31 heavy (non-hydrogen) atoms. The Morgan fingerprint density at radius 2 is 2.06 bits per heavy atom. The van der Waals surface area contributed by atoms with Crippen molar-refractivity contribution in [3.8, 4) is 0 Å². The van der Waals surface area contributed by atoms with E-state index in [1.807, 2.05) is 24.3 Å². The van der Waals surface area contributed by atoms with Gasteiger partial charge in [0.15, 0.2) is 0 Å². The SMILES string of the molecule is CCCCc1nn2c(=O)cc(CSc3ccccc3NC(=O)C3CCCCC3)nc2s1. The van der Waals surface area contributed by atoms with Crippen LogP contribution in [0.2, 0.25) is 0 Å². The van der Waals surface area contributed by atoms with E-state index < -0.39 is 0 Å². The molecule has 1 aromatic carbocycles. The van der Waals surface area contributed by atoms with Crippen LogP contribution in [-0.2, 0) is 17.0 Å². The van der Waals surface area contributed by atoms with Crippen LogP contribution in [0.3, 0.4) is 0 Å². The molecule has 0 saturated heterocycles. The van der Waals surface area contributed by atoms with Gasteiger partial charge in [0.2, 0.25) is 10.9 Å². The first-order chi connectivity index (χ1) is 15.1. The number of thioether (sulfide) groups is 1. The van der Waals surface area contributed by atoms with Crippen molar-refractivity contribution >= 4 is 39.7 Å². The summed E-state index contributed by atoms with van der Waals surface area (Å²) in [5.74, 6) is 0.795. The van der Waals surface area contributed by atoms with Crippen LogP contribution in [0.15, 0.2) is 40.0 Å². The Hall–Kier alpha value is -2.19. The molecule has 1 aliphatic rings. The van der Waals surface area contributed by atoms with Crippen LogP contribution in [0, 0.1) is 5.92 Å². The van der Waals surface area contributed by atoms with Crippen molar-refractivity contribution in [2.75, 3.05) is 5.32 Å². The van der Waals surface area contributed by atoms with Gasteiger partial charge < -0.3 is 5.32 Å². The van der Waals surface area contributed by atoms with E-state index >= 15 is 0 Å². The summed E-state index contributed by atoms with van der Waals surface area (Å²) in [5.41, 5.74) is 1.42. The third-order valence-electron chi connectivity index (χ3n) is 5.58. The van der Waals surface area contributed by atoms with Gasteiger partial charge in [-0.15, -0.1) is 11.8 Å². The second kappa shape index (κ2) is 10.4. The van der Waals surface area contributed by atoms with Gasteiger partial charge in [-0.05, 0) is 31.4 Å². The highest BCUT2D eigenvalue weighted by molar-refractivity contribution is 7.98. The topological polar surface area (TPSA) is 76.4 Å². The Balaban J connectivity index is 1.46. The number of amides is 1. The molecule has 0 aliphatic heterocycles. The van der Waals surface area contributed by atoms with Crippen LogP contribution in [0.4, 0.5) is 5.69 Å². The molecule has 3 aromatic rings. The minimum Gasteiger partial charge on any atom is -0.325 e. The van der Waals surface area contributed by atoms with E-state index in [2.05, 4.69) is 22.3 Å². The molecule has 1 N–H and O–H groups in total. The number of rotatable bonds is 8. The van der Waals surface area contributed by atoms with Crippen LogP contribution >= 0.6 is 23.1 Å². The first-order valence-corrected chi connectivity index (χ1v) is 12.9. The highest BCUT2D eigenvalue weighted by atomic mass is 32.2. The van der Waals surface area contributed by atoms with E-state index in [-0.39, 0.29) is 17.4 Å². The van der Waals surface area contributed by atoms with Gasteiger partial charge in [-0.3, -0.25) is 9.59 Å². The average Bonchev–Trinajstić information content (AvgIpc) is 3.21. The number of unbranched alkanes of at least 4 members (excludes halogenated alkanes) is 1. The van der Waals surface area contributed by atoms with Crippen LogP contribution in [0.5, 0.6) is 0 Å². The third-order valence-corrected chi connectivity index (χ3v) is 7.66. The maximum atomic E-state index is 12.7. The summed E-state index contributed by atoms with van der Waals surface area (Å²) in [5, 5.41) is 8.48. The molecule has 2 aromatic heterocycles. The molecule has 0 spiro atoms. The minimum absolute atomic E-state index is 0.115. The molecule has 0 unspecified atom stereocenters. The highest BCUT2D eigenvalue weighted by Gasteiger charge is 2.21. The summed E-state index contributed by atoms with van der Waals surface area (Å²) >= 11 is 3.07. The molecule has 2 heterocycles. The molecule has 1 aliphatic carbocycles. The lowest BCUT2D eigenvalue weighted by Gasteiger charge is -2.21. The number of hydrogen-bond acceptors (Lipinski definition) is 6. The predicted octanol–water partition coefficient (Wildman–Crippen LogP) is 5.30. The first kappa shape index (κ1) is 22.0. The second-order valence-corrected chi connectivity index (χ2v) is 10.0. The van der Waals surface area contributed by atoms with Crippen molar-refractivity contribution in [1.29, 1.82) is 0 Å². The summed E-state index contributed by atoms with van der Waals surface area (Å²) in [7, 11) is 0. The number of carbonyl (C=O) groups excluding carboxylic acids is 1. The van der Waals surface area contributed by atoms with Crippen molar-refractivity contribution in [2.24, 2.45) is 5.92 Å². The maximum Gasteiger partial charge on any atom is 0.275 e. The Morgan fingerprint density at radius 1 is 1.26 bits per heavy atom. The Bertz CT molecular complexity index is 1100. The first-order valence-electron chi connectivity index (χ1n) is 11.1. The van der Waals surface area contributed by atoms with Gasteiger partial charge in [0.1, 0.15) is 5.01 Å². The quantitative estimate of drug-likeness (QED) is 0.465. The maximum absolute atomic E-state index is 12.7. The van der Waals surface area contributed by atoms with Crippen molar-refractivity contribution in [3.05, 3.63) is 51.4 Å². The Labute approximate surface area is 190 Å². The number of aryl methyl sites for hydroxylation is 1. The average molecular weight is 457 g/mol. The van der Waals surface area contributed by atoms with Gasteiger partial charge >= 0.3 is 0 Å². The molecular weight excluding hydrogens is 428 g/mol. The summed E-state index contributed by atoms with van der Waals surface area (Å²) in [6.07, 6.45) is 8.48. The third kappa shape index (κ3) is 5.54. The lowest BCUT2D eigenvalue weighted by Crippen LogP contribution is -2.24. The summed E-state index contributed by atoms with van der Waals surface area (Å²) < 4.78 is 1.40. The number of aromatic nitrogens is 3. The molecule has 4 rings (SSSR count). The summed E-state index contributed by atoms with van der Waals surface area (Å²) in [6.45, 7) is 2.14. The van der Waals surface area contributed by atoms with Gasteiger partial charge in [-0.25, -0.2) is 4.98 Å². The van der Waals surface area contributed by atoms with Gasteiger partial charge in [-0.2, -0.15) is 9.61 Å². The molecule has 0 bridgehead atoms. The molecule has 8 heteroatoms. The van der Waals surface area contributed by atoms with Crippen molar-refractivity contribution in [2.45, 2.75) is 68.9 Å². The van der Waals surface area contributed by atoms with E-state index in [0.29, 0.717) is 10.7 Å². The fourth-order valence-corrected chi connectivity index (χ4v) is 5.71. The van der Waals surface area contributed by atoms with Crippen LogP contribution in [0.1, 0.15) is 62.6 Å².